The van der Waals surface area contributed by atoms with Gasteiger partial charge in [-0.3, -0.25) is 4.79 Å². The van der Waals surface area contributed by atoms with Gasteiger partial charge in [0.25, 0.3) is 0 Å². The van der Waals surface area contributed by atoms with Gasteiger partial charge in [0.2, 0.25) is 0 Å². The van der Waals surface area contributed by atoms with Gasteiger partial charge >= 0.3 is 5.97 Å². The van der Waals surface area contributed by atoms with Gasteiger partial charge in [-0.2, -0.15) is 0 Å². The van der Waals surface area contributed by atoms with Crippen molar-refractivity contribution in [2.45, 2.75) is 6.92 Å². The van der Waals surface area contributed by atoms with Crippen LogP contribution in [0.3, 0.4) is 0 Å². The van der Waals surface area contributed by atoms with Crippen molar-refractivity contribution in [1.29, 1.82) is 0 Å². The van der Waals surface area contributed by atoms with Crippen molar-refractivity contribution >= 4 is 21.9 Å². The molecule has 1 unspecified atom stereocenters. The Morgan fingerprint density at radius 3 is 2.54 bits per heavy atom. The van der Waals surface area contributed by atoms with Crippen molar-refractivity contribution in [3.05, 3.63) is 0 Å². The average molecular weight is 255 g/mol. The quantitative estimate of drug-likeness (QED) is 0.522. The van der Waals surface area contributed by atoms with Crippen molar-refractivity contribution in [2.75, 3.05) is 31.8 Å². The third-order valence-electron chi connectivity index (χ3n) is 1.38. The van der Waals surface area contributed by atoms with Crippen LogP contribution in [0.4, 0.5) is 0 Å². The zero-order valence-electron chi connectivity index (χ0n) is 7.66. The first-order chi connectivity index (χ1) is 6.18. The molecule has 0 spiro atoms. The highest BCUT2D eigenvalue weighted by Crippen LogP contribution is 1.95. The third kappa shape index (κ3) is 8.21. The molecular formula is C8H15BrO4. The van der Waals surface area contributed by atoms with Crippen molar-refractivity contribution < 1.29 is 19.4 Å². The fourth-order valence-electron chi connectivity index (χ4n) is 0.606. The zero-order chi connectivity index (χ0) is 10.1. The molecule has 0 fully saturated rings. The predicted molar refractivity (Wildman–Crippen MR) is 52.2 cm³/mol. The summed E-state index contributed by atoms with van der Waals surface area (Å²) < 4.78 is 10.2. The van der Waals surface area contributed by atoms with E-state index in [1.54, 1.807) is 6.92 Å². The number of halogens is 1. The molecule has 78 valence electrons. The van der Waals surface area contributed by atoms with E-state index in [4.69, 9.17) is 14.6 Å². The van der Waals surface area contributed by atoms with E-state index in [2.05, 4.69) is 15.9 Å². The summed E-state index contributed by atoms with van der Waals surface area (Å²) >= 11 is 3.22. The Bertz CT molecular complexity index is 140. The van der Waals surface area contributed by atoms with Crippen molar-refractivity contribution in [3.63, 3.8) is 0 Å². The summed E-state index contributed by atoms with van der Waals surface area (Å²) in [5.41, 5.74) is 0. The summed E-state index contributed by atoms with van der Waals surface area (Å²) in [7, 11) is 0. The molecule has 0 aromatic heterocycles. The Balaban J connectivity index is 3.11. The SMILES string of the molecule is CC(COCCOCCBr)C(=O)O. The van der Waals surface area contributed by atoms with E-state index in [1.807, 2.05) is 0 Å². The molecule has 0 amide bonds. The standard InChI is InChI=1S/C8H15BrO4/c1-7(8(10)11)6-13-5-4-12-3-2-9/h7H,2-6H2,1H3,(H,10,11). The molecule has 1 N–H and O–H groups in total. The number of rotatable bonds is 8. The second-order valence-electron chi connectivity index (χ2n) is 2.62. The molecule has 5 heteroatoms. The van der Waals surface area contributed by atoms with Gasteiger partial charge in [-0.25, -0.2) is 0 Å². The van der Waals surface area contributed by atoms with E-state index < -0.39 is 11.9 Å². The summed E-state index contributed by atoms with van der Waals surface area (Å²) in [6.07, 6.45) is 0. The third-order valence-corrected chi connectivity index (χ3v) is 1.71. The lowest BCUT2D eigenvalue weighted by Gasteiger charge is -2.07. The molecule has 0 aromatic rings. The predicted octanol–water partition coefficient (Wildman–Crippen LogP) is 1.14. The topological polar surface area (TPSA) is 55.8 Å². The van der Waals surface area contributed by atoms with Crippen LogP contribution >= 0.6 is 15.9 Å². The lowest BCUT2D eigenvalue weighted by molar-refractivity contribution is -0.143. The Morgan fingerprint density at radius 2 is 2.00 bits per heavy atom. The summed E-state index contributed by atoms with van der Waals surface area (Å²) in [4.78, 5) is 10.3. The van der Waals surface area contributed by atoms with Crippen LogP contribution in [-0.2, 0) is 14.3 Å². The van der Waals surface area contributed by atoms with Crippen LogP contribution in [0.15, 0.2) is 0 Å². The number of ether oxygens (including phenoxy) is 2. The van der Waals surface area contributed by atoms with Crippen molar-refractivity contribution in [3.8, 4) is 0 Å². The Morgan fingerprint density at radius 1 is 1.38 bits per heavy atom. The number of carboxylic acid groups (broad SMARTS) is 1. The summed E-state index contributed by atoms with van der Waals surface area (Å²) in [6.45, 7) is 3.47. The highest BCUT2D eigenvalue weighted by Gasteiger charge is 2.09. The molecule has 1 atom stereocenters. The maximum atomic E-state index is 10.3. The maximum absolute atomic E-state index is 10.3. The molecule has 0 aliphatic rings. The van der Waals surface area contributed by atoms with E-state index in [1.165, 1.54) is 0 Å². The normalized spacial score (nSPS) is 12.8. The molecule has 0 saturated heterocycles. The van der Waals surface area contributed by atoms with Gasteiger partial charge in [0.1, 0.15) is 0 Å². The van der Waals surface area contributed by atoms with Gasteiger partial charge in [-0.1, -0.05) is 15.9 Å². The Kier molecular flexibility index (Phi) is 8.38. The molecule has 0 radical (unpaired) electrons. The van der Waals surface area contributed by atoms with Crippen molar-refractivity contribution in [2.24, 2.45) is 5.92 Å². The molecule has 0 aliphatic heterocycles. The average Bonchev–Trinajstić information content (AvgIpc) is 2.10. The number of carbonyl (C=O) groups is 1. The largest absolute Gasteiger partial charge is 0.481 e. The highest BCUT2D eigenvalue weighted by atomic mass is 79.9. The van der Waals surface area contributed by atoms with Crippen LogP contribution in [0.2, 0.25) is 0 Å². The highest BCUT2D eigenvalue weighted by molar-refractivity contribution is 9.09. The van der Waals surface area contributed by atoms with Crippen LogP contribution in [0.5, 0.6) is 0 Å². The number of aliphatic carboxylic acids is 1. The van der Waals surface area contributed by atoms with Gasteiger partial charge in [0.05, 0.1) is 32.3 Å². The smallest absolute Gasteiger partial charge is 0.308 e. The molecule has 0 rings (SSSR count). The van der Waals surface area contributed by atoms with Gasteiger partial charge in [-0.05, 0) is 6.92 Å². The van der Waals surface area contributed by atoms with E-state index in [0.29, 0.717) is 19.8 Å². The minimum absolute atomic E-state index is 0.243. The van der Waals surface area contributed by atoms with Crippen LogP contribution < -0.4 is 0 Å². The first-order valence-corrected chi connectivity index (χ1v) is 5.25. The second-order valence-corrected chi connectivity index (χ2v) is 3.41. The Hall–Kier alpha value is -0.130. The number of carboxylic acids is 1. The monoisotopic (exact) mass is 254 g/mol. The van der Waals surface area contributed by atoms with Crippen LogP contribution in [0.1, 0.15) is 6.92 Å². The summed E-state index contributed by atoms with van der Waals surface area (Å²) in [6, 6.07) is 0. The van der Waals surface area contributed by atoms with Crippen molar-refractivity contribution in [1.82, 2.24) is 0 Å². The summed E-state index contributed by atoms with van der Waals surface area (Å²) in [5, 5.41) is 9.31. The molecule has 0 aliphatic carbocycles. The van der Waals surface area contributed by atoms with Crippen LogP contribution in [0, 0.1) is 5.92 Å². The maximum Gasteiger partial charge on any atom is 0.308 e. The Labute approximate surface area is 86.3 Å². The first kappa shape index (κ1) is 12.9. The lowest BCUT2D eigenvalue weighted by atomic mass is 10.2. The van der Waals surface area contributed by atoms with E-state index in [9.17, 15) is 4.79 Å². The number of hydrogen-bond donors (Lipinski definition) is 1. The zero-order valence-corrected chi connectivity index (χ0v) is 9.25. The van der Waals surface area contributed by atoms with Gasteiger partial charge in [0, 0.05) is 5.33 Å². The summed E-state index contributed by atoms with van der Waals surface area (Å²) in [5.74, 6) is -1.28. The fourth-order valence-corrected chi connectivity index (χ4v) is 0.835. The molecule has 0 aromatic carbocycles. The molecule has 4 nitrogen and oxygen atoms in total. The number of hydrogen-bond acceptors (Lipinski definition) is 3. The van der Waals surface area contributed by atoms with Crippen LogP contribution in [-0.4, -0.2) is 42.8 Å². The first-order valence-electron chi connectivity index (χ1n) is 4.12. The van der Waals surface area contributed by atoms with Gasteiger partial charge in [0.15, 0.2) is 0 Å². The van der Waals surface area contributed by atoms with Gasteiger partial charge in [-0.15, -0.1) is 0 Å². The molecule has 0 heterocycles. The molecule has 13 heavy (non-hydrogen) atoms. The van der Waals surface area contributed by atoms with Crippen LogP contribution in [0.25, 0.3) is 0 Å². The number of alkyl halides is 1. The minimum atomic E-state index is -0.832. The molecule has 0 saturated carbocycles. The van der Waals surface area contributed by atoms with Gasteiger partial charge < -0.3 is 14.6 Å². The van der Waals surface area contributed by atoms with E-state index >= 15 is 0 Å². The molecular weight excluding hydrogens is 240 g/mol. The van der Waals surface area contributed by atoms with E-state index in [-0.39, 0.29) is 6.61 Å². The minimum Gasteiger partial charge on any atom is -0.481 e. The lowest BCUT2D eigenvalue weighted by Crippen LogP contribution is -2.17. The van der Waals surface area contributed by atoms with E-state index in [0.717, 1.165) is 5.33 Å². The fraction of sp³-hybridized carbons (Fsp3) is 0.875. The molecule has 0 bridgehead atoms. The second kappa shape index (κ2) is 8.47.